The van der Waals surface area contributed by atoms with Crippen LogP contribution in [0.1, 0.15) is 28.8 Å². The molecule has 0 spiro atoms. The molecule has 0 N–H and O–H groups in total. The summed E-state index contributed by atoms with van der Waals surface area (Å²) < 4.78 is 10.9. The molecule has 0 unspecified atom stereocenters. The number of aryl methyl sites for hydroxylation is 1. The first-order valence-electron chi connectivity index (χ1n) is 5.30. The zero-order valence-corrected chi connectivity index (χ0v) is 8.41. The van der Waals surface area contributed by atoms with Crippen molar-refractivity contribution in [1.82, 2.24) is 0 Å². The number of rotatable bonds is 0. The third-order valence-electron chi connectivity index (χ3n) is 2.92. The van der Waals surface area contributed by atoms with Gasteiger partial charge in [0.25, 0.3) is 0 Å². The molecule has 3 heteroatoms. The predicted octanol–water partition coefficient (Wildman–Crippen LogP) is 1.98. The highest BCUT2D eigenvalue weighted by Crippen LogP contribution is 2.35. The van der Waals surface area contributed by atoms with Crippen molar-refractivity contribution in [2.75, 3.05) is 13.2 Å². The van der Waals surface area contributed by atoms with Gasteiger partial charge in [0.1, 0.15) is 13.2 Å². The molecule has 0 saturated heterocycles. The molecule has 3 rings (SSSR count). The van der Waals surface area contributed by atoms with E-state index >= 15 is 0 Å². The Morgan fingerprint density at radius 2 is 1.73 bits per heavy atom. The summed E-state index contributed by atoms with van der Waals surface area (Å²) >= 11 is 0. The van der Waals surface area contributed by atoms with Gasteiger partial charge in [-0.3, -0.25) is 4.79 Å². The van der Waals surface area contributed by atoms with E-state index in [-0.39, 0.29) is 5.78 Å². The molecule has 0 radical (unpaired) electrons. The van der Waals surface area contributed by atoms with E-state index < -0.39 is 0 Å². The van der Waals surface area contributed by atoms with Gasteiger partial charge in [-0.25, -0.2) is 0 Å². The van der Waals surface area contributed by atoms with E-state index in [9.17, 15) is 4.79 Å². The van der Waals surface area contributed by atoms with Crippen LogP contribution >= 0.6 is 0 Å². The van der Waals surface area contributed by atoms with Crippen molar-refractivity contribution in [3.8, 4) is 11.5 Å². The maximum atomic E-state index is 11.7. The van der Waals surface area contributed by atoms with E-state index in [1.807, 2.05) is 12.1 Å². The molecule has 1 aliphatic heterocycles. The third kappa shape index (κ3) is 1.39. The first kappa shape index (κ1) is 8.77. The van der Waals surface area contributed by atoms with E-state index in [1.54, 1.807) is 0 Å². The van der Waals surface area contributed by atoms with Crippen LogP contribution < -0.4 is 9.47 Å². The molecule has 2 aliphatic rings. The quantitative estimate of drug-likeness (QED) is 0.648. The molecule has 1 aromatic rings. The molecule has 0 fully saturated rings. The van der Waals surface area contributed by atoms with Gasteiger partial charge in [0.15, 0.2) is 17.3 Å². The van der Waals surface area contributed by atoms with Gasteiger partial charge < -0.3 is 9.47 Å². The summed E-state index contributed by atoms with van der Waals surface area (Å²) in [5, 5.41) is 0. The van der Waals surface area contributed by atoms with Gasteiger partial charge in [0.2, 0.25) is 0 Å². The molecule has 1 heterocycles. The normalized spacial score (nSPS) is 18.5. The average molecular weight is 204 g/mol. The fourth-order valence-corrected chi connectivity index (χ4v) is 2.17. The van der Waals surface area contributed by atoms with Crippen molar-refractivity contribution in [3.05, 3.63) is 23.3 Å². The number of fused-ring (bicyclic) bond motifs is 2. The monoisotopic (exact) mass is 204 g/mol. The number of carbonyl (C=O) groups is 1. The van der Waals surface area contributed by atoms with Crippen molar-refractivity contribution < 1.29 is 14.3 Å². The second-order valence-electron chi connectivity index (χ2n) is 3.93. The first-order chi connectivity index (χ1) is 7.34. The molecule has 1 aromatic carbocycles. The fraction of sp³-hybridized carbons (Fsp3) is 0.417. The molecule has 1 aliphatic carbocycles. The van der Waals surface area contributed by atoms with Crippen molar-refractivity contribution in [1.29, 1.82) is 0 Å². The van der Waals surface area contributed by atoms with Gasteiger partial charge in [-0.1, -0.05) is 0 Å². The van der Waals surface area contributed by atoms with Crippen LogP contribution in [-0.2, 0) is 6.42 Å². The number of ether oxygens (including phenoxy) is 2. The van der Waals surface area contributed by atoms with E-state index in [0.717, 1.165) is 35.5 Å². The Hall–Kier alpha value is -1.51. The first-order valence-corrected chi connectivity index (χ1v) is 5.30. The second kappa shape index (κ2) is 3.26. The number of benzene rings is 1. The minimum Gasteiger partial charge on any atom is -0.486 e. The summed E-state index contributed by atoms with van der Waals surface area (Å²) in [6.45, 7) is 1.17. The van der Waals surface area contributed by atoms with Gasteiger partial charge in [0.05, 0.1) is 0 Å². The smallest absolute Gasteiger partial charge is 0.163 e. The van der Waals surface area contributed by atoms with E-state index in [4.69, 9.17) is 9.47 Å². The molecular weight excluding hydrogens is 192 g/mol. The largest absolute Gasteiger partial charge is 0.486 e. The lowest BCUT2D eigenvalue weighted by atomic mass is 9.90. The summed E-state index contributed by atoms with van der Waals surface area (Å²) in [6.07, 6.45) is 2.58. The van der Waals surface area contributed by atoms with Crippen LogP contribution in [0.15, 0.2) is 12.1 Å². The standard InChI is InChI=1S/C12H12O3/c13-10-3-1-2-8-6-11-12(7-9(8)10)15-5-4-14-11/h6-7H,1-5H2. The molecule has 0 amide bonds. The molecule has 0 bridgehead atoms. The Balaban J connectivity index is 2.12. The summed E-state index contributed by atoms with van der Waals surface area (Å²) in [5.74, 6) is 1.73. The number of carbonyl (C=O) groups excluding carboxylic acids is 1. The molecule has 0 atom stereocenters. The Morgan fingerprint density at radius 1 is 1.00 bits per heavy atom. The molecule has 15 heavy (non-hydrogen) atoms. The molecule has 0 saturated carbocycles. The Bertz CT molecular complexity index is 423. The number of hydrogen-bond donors (Lipinski definition) is 0. The lowest BCUT2D eigenvalue weighted by molar-refractivity contribution is 0.0971. The SMILES string of the molecule is O=C1CCCc2cc3c(cc21)OCCO3. The van der Waals surface area contributed by atoms with Crippen LogP contribution in [0.4, 0.5) is 0 Å². The van der Waals surface area contributed by atoms with Crippen LogP contribution in [0.25, 0.3) is 0 Å². The lowest BCUT2D eigenvalue weighted by Crippen LogP contribution is -2.18. The summed E-state index contributed by atoms with van der Waals surface area (Å²) in [5.41, 5.74) is 1.93. The highest BCUT2D eigenvalue weighted by atomic mass is 16.6. The summed E-state index contributed by atoms with van der Waals surface area (Å²) in [7, 11) is 0. The van der Waals surface area contributed by atoms with Gasteiger partial charge in [-0.2, -0.15) is 0 Å². The second-order valence-corrected chi connectivity index (χ2v) is 3.93. The summed E-state index contributed by atoms with van der Waals surface area (Å²) in [6, 6.07) is 3.80. The Kier molecular flexibility index (Phi) is 1.91. The molecule has 3 nitrogen and oxygen atoms in total. The maximum absolute atomic E-state index is 11.7. The van der Waals surface area contributed by atoms with Crippen molar-refractivity contribution in [2.24, 2.45) is 0 Å². The molecule has 0 aromatic heterocycles. The van der Waals surface area contributed by atoms with Crippen LogP contribution in [0.5, 0.6) is 11.5 Å². The summed E-state index contributed by atoms with van der Waals surface area (Å²) in [4.78, 5) is 11.7. The highest BCUT2D eigenvalue weighted by molar-refractivity contribution is 5.99. The molecule has 78 valence electrons. The van der Waals surface area contributed by atoms with Gasteiger partial charge in [-0.15, -0.1) is 0 Å². The number of ketones is 1. The van der Waals surface area contributed by atoms with Crippen molar-refractivity contribution in [2.45, 2.75) is 19.3 Å². The maximum Gasteiger partial charge on any atom is 0.163 e. The highest BCUT2D eigenvalue weighted by Gasteiger charge is 2.22. The van der Waals surface area contributed by atoms with Crippen LogP contribution in [0, 0.1) is 0 Å². The van der Waals surface area contributed by atoms with Gasteiger partial charge in [-0.05, 0) is 30.5 Å². The Labute approximate surface area is 88.0 Å². The van der Waals surface area contributed by atoms with Crippen molar-refractivity contribution in [3.63, 3.8) is 0 Å². The average Bonchev–Trinajstić information content (AvgIpc) is 2.27. The van der Waals surface area contributed by atoms with E-state index in [2.05, 4.69) is 0 Å². The van der Waals surface area contributed by atoms with Crippen molar-refractivity contribution >= 4 is 5.78 Å². The fourth-order valence-electron chi connectivity index (χ4n) is 2.17. The van der Waals surface area contributed by atoms with E-state index in [0.29, 0.717) is 19.6 Å². The predicted molar refractivity (Wildman–Crippen MR) is 54.7 cm³/mol. The van der Waals surface area contributed by atoms with Crippen LogP contribution in [0.2, 0.25) is 0 Å². The number of hydrogen-bond acceptors (Lipinski definition) is 3. The van der Waals surface area contributed by atoms with Gasteiger partial charge in [0, 0.05) is 12.0 Å². The third-order valence-corrected chi connectivity index (χ3v) is 2.92. The zero-order valence-electron chi connectivity index (χ0n) is 8.41. The minimum absolute atomic E-state index is 0.230. The number of Topliss-reactive ketones (excluding diaryl/α,β-unsaturated/α-hetero) is 1. The zero-order chi connectivity index (χ0) is 10.3. The Morgan fingerprint density at radius 3 is 2.53 bits per heavy atom. The van der Waals surface area contributed by atoms with E-state index in [1.165, 1.54) is 0 Å². The van der Waals surface area contributed by atoms with Crippen LogP contribution in [-0.4, -0.2) is 19.0 Å². The topological polar surface area (TPSA) is 35.5 Å². The van der Waals surface area contributed by atoms with Crippen LogP contribution in [0.3, 0.4) is 0 Å². The minimum atomic E-state index is 0.230. The molecular formula is C12H12O3. The lowest BCUT2D eigenvalue weighted by Gasteiger charge is -2.22. The van der Waals surface area contributed by atoms with Gasteiger partial charge >= 0.3 is 0 Å².